The van der Waals surface area contributed by atoms with E-state index in [1.807, 2.05) is 17.7 Å². The summed E-state index contributed by atoms with van der Waals surface area (Å²) in [4.78, 5) is 0. The van der Waals surface area contributed by atoms with Crippen LogP contribution >= 0.6 is 11.6 Å². The highest BCUT2D eigenvalue weighted by atomic mass is 35.5. The summed E-state index contributed by atoms with van der Waals surface area (Å²) in [6.45, 7) is 10.9. The summed E-state index contributed by atoms with van der Waals surface area (Å²) in [5.41, 5.74) is 5.87. The molecule has 108 valence electrons. The van der Waals surface area contributed by atoms with E-state index in [9.17, 15) is 0 Å². The van der Waals surface area contributed by atoms with E-state index in [4.69, 9.17) is 11.6 Å². The molecule has 3 nitrogen and oxygen atoms in total. The third-order valence-electron chi connectivity index (χ3n) is 3.61. The Labute approximate surface area is 126 Å². The van der Waals surface area contributed by atoms with Crippen molar-refractivity contribution in [1.82, 2.24) is 15.1 Å². The summed E-state index contributed by atoms with van der Waals surface area (Å²) in [6, 6.07) is 6.17. The Morgan fingerprint density at radius 2 is 2.00 bits per heavy atom. The standard InChI is InChI=1S/C16H22ClN3/c1-5-18-9-15-12(3)19-20(13(15)4)10-14-7-6-11(2)8-16(14)17/h6-8,18H,5,9-10H2,1-4H3. The van der Waals surface area contributed by atoms with Crippen LogP contribution in [-0.4, -0.2) is 16.3 Å². The molecule has 1 aromatic carbocycles. The fraction of sp³-hybridized carbons (Fsp3) is 0.438. The molecule has 2 rings (SSSR count). The van der Waals surface area contributed by atoms with Gasteiger partial charge in [-0.3, -0.25) is 4.68 Å². The molecule has 0 fully saturated rings. The number of hydrogen-bond acceptors (Lipinski definition) is 2. The summed E-state index contributed by atoms with van der Waals surface area (Å²) in [6.07, 6.45) is 0. The van der Waals surface area contributed by atoms with Gasteiger partial charge in [-0.25, -0.2) is 0 Å². The highest BCUT2D eigenvalue weighted by Crippen LogP contribution is 2.20. The first-order chi connectivity index (χ1) is 9.52. The van der Waals surface area contributed by atoms with Crippen molar-refractivity contribution in [3.63, 3.8) is 0 Å². The third-order valence-corrected chi connectivity index (χ3v) is 3.96. The quantitative estimate of drug-likeness (QED) is 0.912. The highest BCUT2D eigenvalue weighted by molar-refractivity contribution is 6.31. The van der Waals surface area contributed by atoms with Crippen LogP contribution in [-0.2, 0) is 13.1 Å². The Kier molecular flexibility index (Phi) is 4.84. The summed E-state index contributed by atoms with van der Waals surface area (Å²) in [5.74, 6) is 0. The summed E-state index contributed by atoms with van der Waals surface area (Å²) >= 11 is 6.31. The van der Waals surface area contributed by atoms with E-state index < -0.39 is 0 Å². The molecule has 0 bridgehead atoms. The van der Waals surface area contributed by atoms with Gasteiger partial charge in [0.05, 0.1) is 12.2 Å². The molecule has 2 aromatic rings. The van der Waals surface area contributed by atoms with E-state index in [1.165, 1.54) is 16.8 Å². The molecule has 1 N–H and O–H groups in total. The molecule has 0 saturated carbocycles. The number of nitrogens with one attached hydrogen (secondary N) is 1. The van der Waals surface area contributed by atoms with E-state index in [1.54, 1.807) is 0 Å². The van der Waals surface area contributed by atoms with Crippen LogP contribution in [0.5, 0.6) is 0 Å². The molecule has 0 atom stereocenters. The lowest BCUT2D eigenvalue weighted by atomic mass is 10.1. The number of hydrogen-bond donors (Lipinski definition) is 1. The molecule has 0 aliphatic rings. The largest absolute Gasteiger partial charge is 0.313 e. The Balaban J connectivity index is 2.25. The van der Waals surface area contributed by atoms with Crippen LogP contribution in [0.2, 0.25) is 5.02 Å². The van der Waals surface area contributed by atoms with Crippen molar-refractivity contribution in [3.8, 4) is 0 Å². The Morgan fingerprint density at radius 1 is 1.25 bits per heavy atom. The fourth-order valence-corrected chi connectivity index (χ4v) is 2.63. The highest BCUT2D eigenvalue weighted by Gasteiger charge is 2.12. The number of rotatable bonds is 5. The lowest BCUT2D eigenvalue weighted by Gasteiger charge is -2.08. The number of nitrogens with zero attached hydrogens (tertiary/aromatic N) is 2. The van der Waals surface area contributed by atoms with Crippen molar-refractivity contribution >= 4 is 11.6 Å². The van der Waals surface area contributed by atoms with Gasteiger partial charge in [0, 0.05) is 22.8 Å². The van der Waals surface area contributed by atoms with Crippen molar-refractivity contribution in [1.29, 1.82) is 0 Å². The predicted molar refractivity (Wildman–Crippen MR) is 84.4 cm³/mol. The average molecular weight is 292 g/mol. The van der Waals surface area contributed by atoms with Gasteiger partial charge in [-0.05, 0) is 44.5 Å². The minimum Gasteiger partial charge on any atom is -0.313 e. The van der Waals surface area contributed by atoms with Gasteiger partial charge in [-0.2, -0.15) is 5.10 Å². The van der Waals surface area contributed by atoms with Gasteiger partial charge in [-0.15, -0.1) is 0 Å². The Hall–Kier alpha value is -1.32. The molecule has 20 heavy (non-hydrogen) atoms. The maximum atomic E-state index is 6.31. The first-order valence-corrected chi connectivity index (χ1v) is 7.39. The lowest BCUT2D eigenvalue weighted by Crippen LogP contribution is -2.13. The molecule has 0 saturated heterocycles. The van der Waals surface area contributed by atoms with Gasteiger partial charge in [0.15, 0.2) is 0 Å². The van der Waals surface area contributed by atoms with Gasteiger partial charge in [0.1, 0.15) is 0 Å². The Morgan fingerprint density at radius 3 is 2.65 bits per heavy atom. The third kappa shape index (κ3) is 3.22. The maximum Gasteiger partial charge on any atom is 0.0677 e. The molecule has 1 aromatic heterocycles. The Bertz CT molecular complexity index is 602. The molecular weight excluding hydrogens is 270 g/mol. The SMILES string of the molecule is CCNCc1c(C)nn(Cc2ccc(C)cc2Cl)c1C. The first kappa shape index (κ1) is 15.1. The second-order valence-electron chi connectivity index (χ2n) is 5.18. The smallest absolute Gasteiger partial charge is 0.0677 e. The number of aryl methyl sites for hydroxylation is 2. The van der Waals surface area contributed by atoms with Gasteiger partial charge in [-0.1, -0.05) is 30.7 Å². The molecule has 1 heterocycles. The topological polar surface area (TPSA) is 29.9 Å². The molecule has 4 heteroatoms. The zero-order valence-corrected chi connectivity index (χ0v) is 13.4. The number of aromatic nitrogens is 2. The molecule has 0 radical (unpaired) electrons. The van der Waals surface area contributed by atoms with E-state index >= 15 is 0 Å². The monoisotopic (exact) mass is 291 g/mol. The van der Waals surface area contributed by atoms with Crippen LogP contribution in [0.1, 0.15) is 35.0 Å². The maximum absolute atomic E-state index is 6.31. The van der Waals surface area contributed by atoms with Gasteiger partial charge >= 0.3 is 0 Å². The predicted octanol–water partition coefficient (Wildman–Crippen LogP) is 3.62. The number of benzene rings is 1. The summed E-state index contributed by atoms with van der Waals surface area (Å²) in [7, 11) is 0. The van der Waals surface area contributed by atoms with E-state index in [0.717, 1.165) is 35.9 Å². The lowest BCUT2D eigenvalue weighted by molar-refractivity contribution is 0.655. The van der Waals surface area contributed by atoms with Crippen molar-refractivity contribution < 1.29 is 0 Å². The van der Waals surface area contributed by atoms with Crippen LogP contribution < -0.4 is 5.32 Å². The molecule has 0 aliphatic carbocycles. The summed E-state index contributed by atoms with van der Waals surface area (Å²) in [5, 5.41) is 8.81. The normalized spacial score (nSPS) is 11.1. The molecule has 0 aliphatic heterocycles. The van der Waals surface area contributed by atoms with Crippen LogP contribution in [0.3, 0.4) is 0 Å². The average Bonchev–Trinajstić information content (AvgIpc) is 2.66. The van der Waals surface area contributed by atoms with Crippen LogP contribution in [0.25, 0.3) is 0 Å². The fourth-order valence-electron chi connectivity index (χ4n) is 2.34. The summed E-state index contributed by atoms with van der Waals surface area (Å²) < 4.78 is 2.04. The van der Waals surface area contributed by atoms with Crippen molar-refractivity contribution in [3.05, 3.63) is 51.3 Å². The zero-order chi connectivity index (χ0) is 14.7. The van der Waals surface area contributed by atoms with Gasteiger partial charge in [0.25, 0.3) is 0 Å². The minimum absolute atomic E-state index is 0.720. The second-order valence-corrected chi connectivity index (χ2v) is 5.59. The van der Waals surface area contributed by atoms with E-state index in [2.05, 4.69) is 43.3 Å². The van der Waals surface area contributed by atoms with Crippen molar-refractivity contribution in [2.45, 2.75) is 40.8 Å². The molecule has 0 spiro atoms. The zero-order valence-electron chi connectivity index (χ0n) is 12.6. The first-order valence-electron chi connectivity index (χ1n) is 7.01. The minimum atomic E-state index is 0.720. The van der Waals surface area contributed by atoms with Crippen LogP contribution in [0.15, 0.2) is 18.2 Å². The van der Waals surface area contributed by atoms with Crippen LogP contribution in [0.4, 0.5) is 0 Å². The van der Waals surface area contributed by atoms with Crippen molar-refractivity contribution in [2.24, 2.45) is 0 Å². The van der Waals surface area contributed by atoms with Crippen LogP contribution in [0, 0.1) is 20.8 Å². The molecule has 0 amide bonds. The van der Waals surface area contributed by atoms with E-state index in [-0.39, 0.29) is 0 Å². The number of halogens is 1. The van der Waals surface area contributed by atoms with Gasteiger partial charge in [0.2, 0.25) is 0 Å². The van der Waals surface area contributed by atoms with E-state index in [0.29, 0.717) is 0 Å². The molecule has 0 unspecified atom stereocenters. The van der Waals surface area contributed by atoms with Crippen molar-refractivity contribution in [2.75, 3.05) is 6.54 Å². The second kappa shape index (κ2) is 6.42. The molecular formula is C16H22ClN3. The van der Waals surface area contributed by atoms with Gasteiger partial charge < -0.3 is 5.32 Å².